The highest BCUT2D eigenvalue weighted by atomic mass is 32.2. The van der Waals surface area contributed by atoms with E-state index < -0.39 is 46.9 Å². The summed E-state index contributed by atoms with van der Waals surface area (Å²) in [5, 5.41) is 1.12. The second-order valence-corrected chi connectivity index (χ2v) is 7.42. The number of hydrogen-bond acceptors (Lipinski definition) is 6. The molecule has 2 aromatic rings. The van der Waals surface area contributed by atoms with Gasteiger partial charge < -0.3 is 9.47 Å². The van der Waals surface area contributed by atoms with Gasteiger partial charge in [-0.15, -0.1) is 0 Å². The van der Waals surface area contributed by atoms with Gasteiger partial charge in [-0.3, -0.25) is 4.55 Å². The normalized spacial score (nSPS) is 12.0. The van der Waals surface area contributed by atoms with E-state index in [-0.39, 0.29) is 11.1 Å². The van der Waals surface area contributed by atoms with E-state index in [1.165, 1.54) is 36.4 Å². The standard InChI is InChI=1S/C17H16F2O7S/c1-17(18,19)10-26-16(21)14-5-3-11-8-13(4-2-12(11)9-14)15(20)25-6-7-27(22,23)24/h2-5,8-9H,6-7,10H2,1H3,(H,22,23,24). The van der Waals surface area contributed by atoms with Crippen molar-refractivity contribution in [3.63, 3.8) is 0 Å². The summed E-state index contributed by atoms with van der Waals surface area (Å²) in [6.45, 7) is -0.891. The largest absolute Gasteiger partial charge is 0.461 e. The molecule has 0 saturated carbocycles. The molecule has 0 heterocycles. The number of esters is 2. The molecule has 0 aliphatic rings. The molecule has 0 aliphatic heterocycles. The van der Waals surface area contributed by atoms with E-state index in [2.05, 4.69) is 4.74 Å². The van der Waals surface area contributed by atoms with E-state index >= 15 is 0 Å². The molecule has 0 fully saturated rings. The van der Waals surface area contributed by atoms with Gasteiger partial charge in [0.1, 0.15) is 12.4 Å². The lowest BCUT2D eigenvalue weighted by atomic mass is 10.0. The molecule has 1 N–H and O–H groups in total. The molecular weight excluding hydrogens is 386 g/mol. The van der Waals surface area contributed by atoms with E-state index in [9.17, 15) is 26.8 Å². The fraction of sp³-hybridized carbons (Fsp3) is 0.294. The van der Waals surface area contributed by atoms with Gasteiger partial charge in [0.2, 0.25) is 0 Å². The first-order valence-electron chi connectivity index (χ1n) is 7.66. The summed E-state index contributed by atoms with van der Waals surface area (Å²) in [4.78, 5) is 23.7. The van der Waals surface area contributed by atoms with E-state index in [1.54, 1.807) is 0 Å². The van der Waals surface area contributed by atoms with Crippen molar-refractivity contribution in [3.8, 4) is 0 Å². The molecule has 146 valence electrons. The molecule has 7 nitrogen and oxygen atoms in total. The predicted molar refractivity (Wildman–Crippen MR) is 91.5 cm³/mol. The van der Waals surface area contributed by atoms with Crippen LogP contribution in [0.4, 0.5) is 8.78 Å². The highest BCUT2D eigenvalue weighted by molar-refractivity contribution is 7.85. The van der Waals surface area contributed by atoms with Crippen molar-refractivity contribution < 1.29 is 40.8 Å². The Balaban J connectivity index is 2.10. The van der Waals surface area contributed by atoms with E-state index in [1.807, 2.05) is 0 Å². The van der Waals surface area contributed by atoms with Crippen LogP contribution >= 0.6 is 0 Å². The average molecular weight is 402 g/mol. The van der Waals surface area contributed by atoms with E-state index in [0.29, 0.717) is 17.7 Å². The number of alkyl halides is 2. The first-order valence-corrected chi connectivity index (χ1v) is 9.27. The van der Waals surface area contributed by atoms with Crippen LogP contribution in [-0.4, -0.2) is 49.8 Å². The van der Waals surface area contributed by atoms with Gasteiger partial charge in [-0.05, 0) is 35.0 Å². The maximum atomic E-state index is 12.8. The SMILES string of the molecule is CC(F)(F)COC(=O)c1ccc2cc(C(=O)OCCS(=O)(=O)O)ccc2c1. The van der Waals surface area contributed by atoms with Gasteiger partial charge in [-0.2, -0.15) is 8.42 Å². The number of benzene rings is 2. The van der Waals surface area contributed by atoms with Gasteiger partial charge >= 0.3 is 11.9 Å². The average Bonchev–Trinajstić information content (AvgIpc) is 2.56. The van der Waals surface area contributed by atoms with Crippen molar-refractivity contribution in [2.45, 2.75) is 12.8 Å². The van der Waals surface area contributed by atoms with Crippen molar-refractivity contribution in [1.29, 1.82) is 0 Å². The van der Waals surface area contributed by atoms with Crippen molar-refractivity contribution in [3.05, 3.63) is 47.5 Å². The number of ether oxygens (including phenoxy) is 2. The monoisotopic (exact) mass is 402 g/mol. The molecule has 0 bridgehead atoms. The van der Waals surface area contributed by atoms with Crippen molar-refractivity contribution in [2.24, 2.45) is 0 Å². The first-order chi connectivity index (χ1) is 12.4. The fourth-order valence-electron chi connectivity index (χ4n) is 2.10. The van der Waals surface area contributed by atoms with Crippen LogP contribution in [-0.2, 0) is 19.6 Å². The Morgan fingerprint density at radius 2 is 1.48 bits per heavy atom. The number of carbonyl (C=O) groups excluding carboxylic acids is 2. The summed E-state index contributed by atoms with van der Waals surface area (Å²) >= 11 is 0. The van der Waals surface area contributed by atoms with Crippen molar-refractivity contribution >= 4 is 32.8 Å². The van der Waals surface area contributed by atoms with Gasteiger partial charge in [0.15, 0.2) is 6.61 Å². The predicted octanol–water partition coefficient (Wildman–Crippen LogP) is 2.70. The van der Waals surface area contributed by atoms with E-state index in [4.69, 9.17) is 9.29 Å². The van der Waals surface area contributed by atoms with Crippen LogP contribution in [0.15, 0.2) is 36.4 Å². The molecule has 10 heteroatoms. The van der Waals surface area contributed by atoms with Gasteiger partial charge in [-0.25, -0.2) is 18.4 Å². The molecule has 2 aromatic carbocycles. The first kappa shape index (κ1) is 20.7. The number of carbonyl (C=O) groups is 2. The third-order valence-electron chi connectivity index (χ3n) is 3.34. The van der Waals surface area contributed by atoms with Gasteiger partial charge in [0, 0.05) is 6.92 Å². The number of halogens is 2. The molecule has 0 saturated heterocycles. The topological polar surface area (TPSA) is 107 Å². The zero-order valence-corrected chi connectivity index (χ0v) is 15.0. The smallest absolute Gasteiger partial charge is 0.338 e. The summed E-state index contributed by atoms with van der Waals surface area (Å²) in [5.41, 5.74) is 0.217. The quantitative estimate of drug-likeness (QED) is 0.560. The third kappa shape index (κ3) is 6.57. The maximum Gasteiger partial charge on any atom is 0.338 e. The summed E-state index contributed by atoms with van der Waals surface area (Å²) in [6.07, 6.45) is 0. The summed E-state index contributed by atoms with van der Waals surface area (Å²) < 4.78 is 64.6. The zero-order chi connectivity index (χ0) is 20.2. The number of rotatable bonds is 7. The van der Waals surface area contributed by atoms with Gasteiger partial charge in [0.05, 0.1) is 11.1 Å². The lowest BCUT2D eigenvalue weighted by Gasteiger charge is -2.11. The van der Waals surface area contributed by atoms with Crippen LogP contribution in [0.25, 0.3) is 10.8 Å². The molecule has 0 spiro atoms. The molecule has 0 atom stereocenters. The van der Waals surface area contributed by atoms with Crippen LogP contribution < -0.4 is 0 Å². The molecule has 27 heavy (non-hydrogen) atoms. The lowest BCUT2D eigenvalue weighted by Crippen LogP contribution is -2.21. The highest BCUT2D eigenvalue weighted by Crippen LogP contribution is 2.20. The molecular formula is C17H16F2O7S. The summed E-state index contributed by atoms with van der Waals surface area (Å²) in [5.74, 6) is -5.52. The second kappa shape index (κ2) is 7.97. The molecule has 0 aromatic heterocycles. The van der Waals surface area contributed by atoms with Crippen LogP contribution in [0.1, 0.15) is 27.6 Å². The molecule has 0 unspecified atom stereocenters. The van der Waals surface area contributed by atoms with Gasteiger partial charge in [0.25, 0.3) is 16.0 Å². The Kier molecular flexibility index (Phi) is 6.11. The van der Waals surface area contributed by atoms with Crippen LogP contribution in [0.5, 0.6) is 0 Å². The second-order valence-electron chi connectivity index (χ2n) is 5.85. The molecule has 2 rings (SSSR count). The minimum atomic E-state index is -4.23. The highest BCUT2D eigenvalue weighted by Gasteiger charge is 2.24. The van der Waals surface area contributed by atoms with Gasteiger partial charge in [-0.1, -0.05) is 12.1 Å². The Hall–Kier alpha value is -2.59. The van der Waals surface area contributed by atoms with Crippen LogP contribution in [0.2, 0.25) is 0 Å². The Labute approximate surface area is 153 Å². The summed E-state index contributed by atoms with van der Waals surface area (Å²) in [6, 6.07) is 8.67. The van der Waals surface area contributed by atoms with Crippen LogP contribution in [0.3, 0.4) is 0 Å². The van der Waals surface area contributed by atoms with E-state index in [0.717, 1.165) is 0 Å². The molecule has 0 radical (unpaired) electrons. The van der Waals surface area contributed by atoms with Crippen LogP contribution in [0, 0.1) is 0 Å². The number of fused-ring (bicyclic) bond motifs is 1. The molecule has 0 amide bonds. The zero-order valence-electron chi connectivity index (χ0n) is 14.1. The Morgan fingerprint density at radius 1 is 1.00 bits per heavy atom. The van der Waals surface area contributed by atoms with Crippen molar-refractivity contribution in [1.82, 2.24) is 0 Å². The maximum absolute atomic E-state index is 12.8. The summed E-state index contributed by atoms with van der Waals surface area (Å²) in [7, 11) is -4.23. The Morgan fingerprint density at radius 3 is 1.93 bits per heavy atom. The molecule has 0 aliphatic carbocycles. The third-order valence-corrected chi connectivity index (χ3v) is 4.03. The number of hydrogen-bond donors (Lipinski definition) is 1. The Bertz CT molecular complexity index is 965. The van der Waals surface area contributed by atoms with Crippen molar-refractivity contribution in [2.75, 3.05) is 19.0 Å². The fourth-order valence-corrected chi connectivity index (χ4v) is 2.39. The minimum absolute atomic E-state index is 0.0789. The minimum Gasteiger partial charge on any atom is -0.461 e. The lowest BCUT2D eigenvalue weighted by molar-refractivity contribution is -0.0466.